The third-order valence-corrected chi connectivity index (χ3v) is 1.81. The average molecular weight is 344 g/mol. The number of hydrogen-bond acceptors (Lipinski definition) is 6. The number of nitrogens with two attached hydrogens (primary N) is 2. The van der Waals surface area contributed by atoms with E-state index in [4.69, 9.17) is 21.7 Å². The molecule has 0 saturated carbocycles. The van der Waals surface area contributed by atoms with E-state index < -0.39 is 24.0 Å². The number of aliphatic carboxylic acids is 2. The Hall–Kier alpha value is 0.473. The first kappa shape index (κ1) is 25.4. The van der Waals surface area contributed by atoms with E-state index in [0.717, 1.165) is 0 Å². The summed E-state index contributed by atoms with van der Waals surface area (Å²) in [4.78, 5) is 19.5. The molecular formula is C6H15ClN2O4S2Zn. The van der Waals surface area contributed by atoms with Crippen molar-refractivity contribution in [1.82, 2.24) is 0 Å². The Bertz CT molecular complexity index is 181. The standard InChI is InChI=1S/2C3H7NO2S.ClH.Zn/c2*4-2(1-7)3(5)6;;/h2*2,7H,1,4H2,(H,5,6);1H;/t2*2-;;/m00../s1. The second-order valence-electron chi connectivity index (χ2n) is 2.25. The molecule has 0 aliphatic rings. The molecule has 0 spiro atoms. The second-order valence-corrected chi connectivity index (χ2v) is 2.98. The normalized spacial score (nSPS) is 11.8. The fraction of sp³-hybridized carbons (Fsp3) is 0.667. The first-order chi connectivity index (χ1) is 6.36. The molecule has 0 amide bonds. The van der Waals surface area contributed by atoms with Crippen molar-refractivity contribution < 1.29 is 39.3 Å². The Balaban J connectivity index is -0.0000000800. The molecule has 0 radical (unpaired) electrons. The number of carboxylic acids is 2. The van der Waals surface area contributed by atoms with Crippen LogP contribution in [0.2, 0.25) is 0 Å². The Morgan fingerprint density at radius 1 is 1.00 bits per heavy atom. The zero-order chi connectivity index (χ0) is 11.7. The van der Waals surface area contributed by atoms with Gasteiger partial charge in [0.2, 0.25) is 0 Å². The number of rotatable bonds is 4. The van der Waals surface area contributed by atoms with Crippen LogP contribution in [0.1, 0.15) is 0 Å². The van der Waals surface area contributed by atoms with Crippen molar-refractivity contribution in [2.75, 3.05) is 11.5 Å². The van der Waals surface area contributed by atoms with E-state index in [-0.39, 0.29) is 43.4 Å². The predicted molar refractivity (Wildman–Crippen MR) is 66.2 cm³/mol. The summed E-state index contributed by atoms with van der Waals surface area (Å²) in [5.41, 5.74) is 9.88. The van der Waals surface area contributed by atoms with Gasteiger partial charge in [0.1, 0.15) is 12.1 Å². The predicted octanol–water partition coefficient (Wildman–Crippen LogP) is -0.924. The molecule has 0 aromatic carbocycles. The van der Waals surface area contributed by atoms with Gasteiger partial charge in [-0.25, -0.2) is 0 Å². The summed E-state index contributed by atoms with van der Waals surface area (Å²) in [7, 11) is 0. The van der Waals surface area contributed by atoms with E-state index in [1.165, 1.54) is 0 Å². The smallest absolute Gasteiger partial charge is 0.321 e. The van der Waals surface area contributed by atoms with Crippen molar-refractivity contribution in [2.45, 2.75) is 12.1 Å². The van der Waals surface area contributed by atoms with Gasteiger partial charge in [0.25, 0.3) is 0 Å². The van der Waals surface area contributed by atoms with Gasteiger partial charge >= 0.3 is 11.9 Å². The van der Waals surface area contributed by atoms with Crippen LogP contribution in [0.5, 0.6) is 0 Å². The molecule has 94 valence electrons. The van der Waals surface area contributed by atoms with Crippen LogP contribution in [0.4, 0.5) is 0 Å². The van der Waals surface area contributed by atoms with Crippen molar-refractivity contribution in [3.8, 4) is 0 Å². The molecule has 0 saturated heterocycles. The molecule has 0 heterocycles. The molecule has 10 heteroatoms. The summed E-state index contributed by atoms with van der Waals surface area (Å²) in [6.45, 7) is 0. The first-order valence-corrected chi connectivity index (χ1v) is 4.81. The van der Waals surface area contributed by atoms with Crippen LogP contribution in [-0.4, -0.2) is 45.7 Å². The molecule has 6 N–H and O–H groups in total. The molecule has 0 unspecified atom stereocenters. The number of carboxylic acid groups (broad SMARTS) is 2. The van der Waals surface area contributed by atoms with Gasteiger partial charge in [0.05, 0.1) is 0 Å². The largest absolute Gasteiger partial charge is 0.480 e. The van der Waals surface area contributed by atoms with Crippen LogP contribution in [0, 0.1) is 0 Å². The van der Waals surface area contributed by atoms with Crippen molar-refractivity contribution in [2.24, 2.45) is 11.5 Å². The van der Waals surface area contributed by atoms with Gasteiger partial charge in [-0.05, 0) is 0 Å². The zero-order valence-electron chi connectivity index (χ0n) is 8.44. The van der Waals surface area contributed by atoms with Crippen molar-refractivity contribution in [1.29, 1.82) is 0 Å². The van der Waals surface area contributed by atoms with E-state index in [1.54, 1.807) is 0 Å². The maximum absolute atomic E-state index is 9.76. The van der Waals surface area contributed by atoms with E-state index in [0.29, 0.717) is 0 Å². The topological polar surface area (TPSA) is 127 Å². The maximum Gasteiger partial charge on any atom is 0.321 e. The summed E-state index contributed by atoms with van der Waals surface area (Å²) in [6, 6.07) is -1.63. The molecule has 6 nitrogen and oxygen atoms in total. The summed E-state index contributed by atoms with van der Waals surface area (Å²) < 4.78 is 0. The number of hydrogen-bond donors (Lipinski definition) is 6. The number of thiol groups is 2. The maximum atomic E-state index is 9.76. The average Bonchev–Trinajstić information content (AvgIpc) is 2.15. The van der Waals surface area contributed by atoms with E-state index in [2.05, 4.69) is 25.3 Å². The monoisotopic (exact) mass is 342 g/mol. The Labute approximate surface area is 124 Å². The quantitative estimate of drug-likeness (QED) is 0.289. The fourth-order valence-corrected chi connectivity index (χ4v) is 0.469. The van der Waals surface area contributed by atoms with E-state index in [9.17, 15) is 9.59 Å². The molecule has 0 fully saturated rings. The SMILES string of the molecule is Cl.N[C@@H](CS)C(=O)O.N[C@@H](CS)C(=O)O.[Zn]. The van der Waals surface area contributed by atoms with Crippen molar-refractivity contribution >= 4 is 49.6 Å². The van der Waals surface area contributed by atoms with Crippen LogP contribution < -0.4 is 11.5 Å². The third kappa shape index (κ3) is 16.9. The number of carbonyl (C=O) groups is 2. The molecule has 0 bridgehead atoms. The first-order valence-electron chi connectivity index (χ1n) is 3.55. The molecule has 2 atom stereocenters. The molecule has 0 aromatic heterocycles. The Morgan fingerprint density at radius 2 is 1.19 bits per heavy atom. The molecule has 0 aliphatic heterocycles. The minimum atomic E-state index is -1.00. The van der Waals surface area contributed by atoms with Gasteiger partial charge in [-0.2, -0.15) is 25.3 Å². The third-order valence-electron chi connectivity index (χ3n) is 1.03. The Kier molecular flexibility index (Phi) is 24.5. The minimum Gasteiger partial charge on any atom is -0.480 e. The molecule has 0 aliphatic carbocycles. The van der Waals surface area contributed by atoms with Crippen LogP contribution in [0.25, 0.3) is 0 Å². The van der Waals surface area contributed by atoms with Crippen molar-refractivity contribution in [3.05, 3.63) is 0 Å². The fourth-order valence-electron chi connectivity index (χ4n) is 0.156. The van der Waals surface area contributed by atoms with E-state index >= 15 is 0 Å². The summed E-state index contributed by atoms with van der Waals surface area (Å²) in [5.74, 6) is -1.63. The number of halogens is 1. The van der Waals surface area contributed by atoms with Gasteiger partial charge in [-0.1, -0.05) is 0 Å². The van der Waals surface area contributed by atoms with Gasteiger partial charge in [-0.3, -0.25) is 9.59 Å². The van der Waals surface area contributed by atoms with Gasteiger partial charge in [0.15, 0.2) is 0 Å². The van der Waals surface area contributed by atoms with Gasteiger partial charge in [-0.15, -0.1) is 12.4 Å². The summed E-state index contributed by atoms with van der Waals surface area (Å²) in [6.07, 6.45) is 0. The van der Waals surface area contributed by atoms with Crippen LogP contribution >= 0.6 is 37.7 Å². The van der Waals surface area contributed by atoms with E-state index in [1.807, 2.05) is 0 Å². The van der Waals surface area contributed by atoms with Crippen LogP contribution in [-0.2, 0) is 29.1 Å². The minimum absolute atomic E-state index is 0. The molecule has 0 rings (SSSR count). The Morgan fingerprint density at radius 3 is 1.19 bits per heavy atom. The summed E-state index contributed by atoms with van der Waals surface area (Å²) in [5, 5.41) is 16.0. The zero-order valence-corrected chi connectivity index (χ0v) is 14.0. The van der Waals surface area contributed by atoms with Crippen molar-refractivity contribution in [3.63, 3.8) is 0 Å². The van der Waals surface area contributed by atoms with Gasteiger partial charge < -0.3 is 21.7 Å². The molecule has 16 heavy (non-hydrogen) atoms. The van der Waals surface area contributed by atoms with Crippen LogP contribution in [0.3, 0.4) is 0 Å². The molecular weight excluding hydrogens is 329 g/mol. The second kappa shape index (κ2) is 15.5. The van der Waals surface area contributed by atoms with Gasteiger partial charge in [0, 0.05) is 31.0 Å². The van der Waals surface area contributed by atoms with Crippen LogP contribution in [0.15, 0.2) is 0 Å². The summed E-state index contributed by atoms with van der Waals surface area (Å²) >= 11 is 7.30. The molecule has 0 aromatic rings.